The Morgan fingerprint density at radius 3 is 2.53 bits per heavy atom. The van der Waals surface area contributed by atoms with Crippen LogP contribution >= 0.6 is 0 Å². The summed E-state index contributed by atoms with van der Waals surface area (Å²) in [6.07, 6.45) is 0.541. The number of carbonyl (C=O) groups is 1. The van der Waals surface area contributed by atoms with E-state index in [9.17, 15) is 4.79 Å². The molecule has 2 N–H and O–H groups in total. The minimum atomic E-state index is -1.01. The van der Waals surface area contributed by atoms with Gasteiger partial charge in [0.1, 0.15) is 0 Å². The Balaban J connectivity index is 2.45. The van der Waals surface area contributed by atoms with Crippen molar-refractivity contribution in [1.82, 2.24) is 0 Å². The maximum atomic E-state index is 11.2. The predicted molar refractivity (Wildman–Crippen MR) is 75.4 cm³/mol. The molecule has 0 aliphatic rings. The Hall–Kier alpha value is -2.33. The summed E-state index contributed by atoms with van der Waals surface area (Å²) in [7, 11) is 0. The predicted octanol–water partition coefficient (Wildman–Crippen LogP) is 3.00. The molecule has 0 spiro atoms. The Labute approximate surface area is 111 Å². The molecule has 0 aliphatic carbocycles. The van der Waals surface area contributed by atoms with Gasteiger partial charge in [0.25, 0.3) is 0 Å². The molecule has 0 atom stereocenters. The van der Waals surface area contributed by atoms with E-state index >= 15 is 0 Å². The first kappa shape index (κ1) is 13.1. The molecule has 0 bridgehead atoms. The van der Waals surface area contributed by atoms with Crippen molar-refractivity contribution < 1.29 is 15.0 Å². The molecule has 0 aromatic heterocycles. The topological polar surface area (TPSA) is 60.8 Å². The standard InChI is InChI=1S/C15H15NO3/c1-2-7-16(15(18)19)14-6-5-12-8-11(10-17)3-4-13(12)9-14/h2-6,8-9,17H,1,7,10H2,(H,18,19). The van der Waals surface area contributed by atoms with Crippen molar-refractivity contribution in [2.75, 3.05) is 11.4 Å². The van der Waals surface area contributed by atoms with Gasteiger partial charge in [-0.25, -0.2) is 4.79 Å². The number of aliphatic hydroxyl groups excluding tert-OH is 1. The third-order valence-corrected chi connectivity index (χ3v) is 2.93. The Bertz CT molecular complexity index is 622. The van der Waals surface area contributed by atoms with E-state index in [0.29, 0.717) is 5.69 Å². The van der Waals surface area contributed by atoms with Crippen LogP contribution in [-0.4, -0.2) is 22.9 Å². The molecule has 0 saturated carbocycles. The molecule has 1 amide bonds. The number of aliphatic hydroxyl groups is 1. The van der Waals surface area contributed by atoms with Crippen molar-refractivity contribution in [3.05, 3.63) is 54.6 Å². The van der Waals surface area contributed by atoms with Crippen LogP contribution in [0.4, 0.5) is 10.5 Å². The van der Waals surface area contributed by atoms with E-state index < -0.39 is 6.09 Å². The first-order chi connectivity index (χ1) is 9.15. The summed E-state index contributed by atoms with van der Waals surface area (Å²) in [6.45, 7) is 3.80. The second-order valence-electron chi connectivity index (χ2n) is 4.21. The van der Waals surface area contributed by atoms with Gasteiger partial charge >= 0.3 is 6.09 Å². The highest BCUT2D eigenvalue weighted by atomic mass is 16.4. The van der Waals surface area contributed by atoms with E-state index in [1.165, 1.54) is 4.90 Å². The fourth-order valence-electron chi connectivity index (χ4n) is 1.97. The van der Waals surface area contributed by atoms with E-state index in [1.807, 2.05) is 30.3 Å². The lowest BCUT2D eigenvalue weighted by Gasteiger charge is -2.17. The molecular weight excluding hydrogens is 242 g/mol. The van der Waals surface area contributed by atoms with Gasteiger partial charge in [0.15, 0.2) is 0 Å². The van der Waals surface area contributed by atoms with Crippen LogP contribution in [0.5, 0.6) is 0 Å². The summed E-state index contributed by atoms with van der Waals surface area (Å²) in [6, 6.07) is 11.0. The van der Waals surface area contributed by atoms with Gasteiger partial charge in [0, 0.05) is 12.2 Å². The summed E-state index contributed by atoms with van der Waals surface area (Å²) in [4.78, 5) is 12.4. The fraction of sp³-hybridized carbons (Fsp3) is 0.133. The normalized spacial score (nSPS) is 10.4. The van der Waals surface area contributed by atoms with Crippen LogP contribution in [0.15, 0.2) is 49.1 Å². The summed E-state index contributed by atoms with van der Waals surface area (Å²) >= 11 is 0. The van der Waals surface area contributed by atoms with Crippen molar-refractivity contribution in [3.63, 3.8) is 0 Å². The molecule has 2 aromatic carbocycles. The Morgan fingerprint density at radius 1 is 1.21 bits per heavy atom. The fourth-order valence-corrected chi connectivity index (χ4v) is 1.97. The van der Waals surface area contributed by atoms with Crippen LogP contribution in [0.2, 0.25) is 0 Å². The van der Waals surface area contributed by atoms with Gasteiger partial charge in [-0.05, 0) is 34.5 Å². The van der Waals surface area contributed by atoms with E-state index in [4.69, 9.17) is 10.2 Å². The van der Waals surface area contributed by atoms with Crippen LogP contribution in [0.1, 0.15) is 5.56 Å². The molecule has 0 radical (unpaired) electrons. The maximum Gasteiger partial charge on any atom is 0.412 e. The van der Waals surface area contributed by atoms with Crippen molar-refractivity contribution in [2.45, 2.75) is 6.61 Å². The molecule has 4 nitrogen and oxygen atoms in total. The van der Waals surface area contributed by atoms with Crippen LogP contribution in [0, 0.1) is 0 Å². The molecular formula is C15H15NO3. The molecule has 0 heterocycles. The first-order valence-corrected chi connectivity index (χ1v) is 5.90. The zero-order valence-electron chi connectivity index (χ0n) is 10.4. The average Bonchev–Trinajstić information content (AvgIpc) is 2.43. The monoisotopic (exact) mass is 257 g/mol. The molecule has 2 rings (SSSR count). The van der Waals surface area contributed by atoms with Gasteiger partial charge in [-0.3, -0.25) is 4.90 Å². The number of rotatable bonds is 4. The number of fused-ring (bicyclic) bond motifs is 1. The molecule has 2 aromatic rings. The number of nitrogens with zero attached hydrogens (tertiary/aromatic N) is 1. The molecule has 98 valence electrons. The molecule has 0 unspecified atom stereocenters. The molecule has 0 aliphatic heterocycles. The highest BCUT2D eigenvalue weighted by Gasteiger charge is 2.12. The number of benzene rings is 2. The molecule has 19 heavy (non-hydrogen) atoms. The van der Waals surface area contributed by atoms with E-state index in [1.54, 1.807) is 12.1 Å². The van der Waals surface area contributed by atoms with Gasteiger partial charge in [-0.15, -0.1) is 6.58 Å². The maximum absolute atomic E-state index is 11.2. The quantitative estimate of drug-likeness (QED) is 0.828. The highest BCUT2D eigenvalue weighted by molar-refractivity contribution is 5.92. The van der Waals surface area contributed by atoms with Gasteiger partial charge in [-0.2, -0.15) is 0 Å². The van der Waals surface area contributed by atoms with E-state index in [2.05, 4.69) is 6.58 Å². The number of anilines is 1. The second kappa shape index (κ2) is 5.54. The van der Waals surface area contributed by atoms with Crippen molar-refractivity contribution >= 4 is 22.6 Å². The van der Waals surface area contributed by atoms with Gasteiger partial charge in [0.2, 0.25) is 0 Å². The lowest BCUT2D eigenvalue weighted by molar-refractivity contribution is 0.202. The number of amides is 1. The average molecular weight is 257 g/mol. The van der Waals surface area contributed by atoms with Crippen LogP contribution < -0.4 is 4.90 Å². The van der Waals surface area contributed by atoms with E-state index in [-0.39, 0.29) is 13.2 Å². The van der Waals surface area contributed by atoms with Crippen LogP contribution in [0.3, 0.4) is 0 Å². The summed E-state index contributed by atoms with van der Waals surface area (Å²) in [5.41, 5.74) is 1.44. The zero-order chi connectivity index (χ0) is 13.8. The van der Waals surface area contributed by atoms with Crippen LogP contribution in [0.25, 0.3) is 10.8 Å². The first-order valence-electron chi connectivity index (χ1n) is 5.90. The third-order valence-electron chi connectivity index (χ3n) is 2.93. The van der Waals surface area contributed by atoms with Gasteiger partial charge in [-0.1, -0.05) is 24.3 Å². The molecule has 4 heteroatoms. The summed E-state index contributed by atoms with van der Waals surface area (Å²) in [5, 5.41) is 20.1. The highest BCUT2D eigenvalue weighted by Crippen LogP contribution is 2.23. The van der Waals surface area contributed by atoms with Crippen molar-refractivity contribution in [2.24, 2.45) is 0 Å². The molecule has 0 fully saturated rings. The third kappa shape index (κ3) is 2.74. The molecule has 0 saturated heterocycles. The van der Waals surface area contributed by atoms with Crippen molar-refractivity contribution in [3.8, 4) is 0 Å². The lowest BCUT2D eigenvalue weighted by Crippen LogP contribution is -2.29. The number of hydrogen-bond donors (Lipinski definition) is 2. The summed E-state index contributed by atoms with van der Waals surface area (Å²) < 4.78 is 0. The minimum Gasteiger partial charge on any atom is -0.465 e. The van der Waals surface area contributed by atoms with Gasteiger partial charge in [0.05, 0.1) is 6.61 Å². The zero-order valence-corrected chi connectivity index (χ0v) is 10.4. The number of carboxylic acid groups (broad SMARTS) is 1. The van der Waals surface area contributed by atoms with Crippen molar-refractivity contribution in [1.29, 1.82) is 0 Å². The largest absolute Gasteiger partial charge is 0.465 e. The number of hydrogen-bond acceptors (Lipinski definition) is 2. The van der Waals surface area contributed by atoms with Gasteiger partial charge < -0.3 is 10.2 Å². The summed E-state index contributed by atoms with van der Waals surface area (Å²) in [5.74, 6) is 0. The van der Waals surface area contributed by atoms with E-state index in [0.717, 1.165) is 16.3 Å². The SMILES string of the molecule is C=CCN(C(=O)O)c1ccc2cc(CO)ccc2c1. The smallest absolute Gasteiger partial charge is 0.412 e. The minimum absolute atomic E-state index is 0.00456. The Morgan fingerprint density at radius 2 is 1.89 bits per heavy atom. The lowest BCUT2D eigenvalue weighted by atomic mass is 10.1. The Kier molecular flexibility index (Phi) is 3.82. The second-order valence-corrected chi connectivity index (χ2v) is 4.21. The van der Waals surface area contributed by atoms with Crippen LogP contribution in [-0.2, 0) is 6.61 Å².